The van der Waals surface area contributed by atoms with Gasteiger partial charge in [0.1, 0.15) is 0 Å². The van der Waals surface area contributed by atoms with Crippen molar-refractivity contribution in [1.82, 2.24) is 10.2 Å². The lowest BCUT2D eigenvalue weighted by Crippen LogP contribution is -2.40. The maximum atomic E-state index is 11.5. The van der Waals surface area contributed by atoms with Gasteiger partial charge in [0.2, 0.25) is 11.8 Å². The second kappa shape index (κ2) is 7.35. The highest BCUT2D eigenvalue weighted by Crippen LogP contribution is 1.94. The summed E-state index contributed by atoms with van der Waals surface area (Å²) in [5, 5.41) is 2.51. The van der Waals surface area contributed by atoms with E-state index in [-0.39, 0.29) is 18.4 Å². The van der Waals surface area contributed by atoms with Crippen molar-refractivity contribution in [3.8, 4) is 0 Å². The van der Waals surface area contributed by atoms with Gasteiger partial charge in [-0.1, -0.05) is 13.8 Å². The van der Waals surface area contributed by atoms with Crippen LogP contribution in [0.15, 0.2) is 0 Å². The smallest absolute Gasteiger partial charge is 0.241 e. The molecule has 0 rings (SSSR count). The van der Waals surface area contributed by atoms with E-state index >= 15 is 0 Å². The number of nitrogens with zero attached hydrogens (tertiary/aromatic N) is 1. The van der Waals surface area contributed by atoms with E-state index in [1.807, 2.05) is 13.8 Å². The second-order valence-corrected chi connectivity index (χ2v) is 3.29. The van der Waals surface area contributed by atoms with Gasteiger partial charge in [-0.3, -0.25) is 9.59 Å². The van der Waals surface area contributed by atoms with Gasteiger partial charge in [0.25, 0.3) is 0 Å². The van der Waals surface area contributed by atoms with Crippen LogP contribution in [-0.2, 0) is 9.59 Å². The lowest BCUT2D eigenvalue weighted by atomic mass is 10.3. The van der Waals surface area contributed by atoms with Gasteiger partial charge in [0.15, 0.2) is 0 Å². The molecule has 4 nitrogen and oxygen atoms in total. The van der Waals surface area contributed by atoms with Crippen LogP contribution in [0, 0.1) is 0 Å². The fourth-order valence-electron chi connectivity index (χ4n) is 1.21. The Labute approximate surface area is 85.7 Å². The summed E-state index contributed by atoms with van der Waals surface area (Å²) in [6.45, 7) is 7.15. The molecule has 0 aromatic rings. The summed E-state index contributed by atoms with van der Waals surface area (Å²) in [5.74, 6) is -0.157. The Bertz CT molecular complexity index is 187. The van der Waals surface area contributed by atoms with Crippen molar-refractivity contribution >= 4 is 11.8 Å². The van der Waals surface area contributed by atoms with Crippen LogP contribution in [0.1, 0.15) is 33.6 Å². The average Bonchev–Trinajstić information content (AvgIpc) is 2.14. The van der Waals surface area contributed by atoms with Gasteiger partial charge < -0.3 is 10.2 Å². The zero-order chi connectivity index (χ0) is 11.0. The monoisotopic (exact) mass is 200 g/mol. The van der Waals surface area contributed by atoms with Crippen LogP contribution in [0.3, 0.4) is 0 Å². The zero-order valence-corrected chi connectivity index (χ0v) is 9.30. The predicted octanol–water partition coefficient (Wildman–Crippen LogP) is 0.771. The molecule has 82 valence electrons. The molecule has 0 aliphatic carbocycles. The first-order valence-electron chi connectivity index (χ1n) is 5.14. The fraction of sp³-hybridized carbons (Fsp3) is 0.800. The molecule has 2 amide bonds. The molecule has 0 radical (unpaired) electrons. The Hall–Kier alpha value is -1.06. The number of rotatable bonds is 6. The summed E-state index contributed by atoms with van der Waals surface area (Å²) in [7, 11) is 0. The summed E-state index contributed by atoms with van der Waals surface area (Å²) >= 11 is 0. The van der Waals surface area contributed by atoms with E-state index in [1.54, 1.807) is 4.90 Å². The van der Waals surface area contributed by atoms with Crippen molar-refractivity contribution in [3.63, 3.8) is 0 Å². The zero-order valence-electron chi connectivity index (χ0n) is 9.30. The molecule has 0 saturated heterocycles. The first-order chi connectivity index (χ1) is 6.61. The molecule has 1 N–H and O–H groups in total. The number of amides is 2. The molecule has 0 bridgehead atoms. The van der Waals surface area contributed by atoms with Gasteiger partial charge in [-0.25, -0.2) is 0 Å². The molecule has 0 atom stereocenters. The van der Waals surface area contributed by atoms with Gasteiger partial charge in [-0.15, -0.1) is 0 Å². The predicted molar refractivity (Wildman–Crippen MR) is 55.8 cm³/mol. The van der Waals surface area contributed by atoms with Crippen LogP contribution < -0.4 is 5.32 Å². The highest BCUT2D eigenvalue weighted by Gasteiger charge is 2.10. The van der Waals surface area contributed by atoms with Crippen molar-refractivity contribution in [2.75, 3.05) is 19.6 Å². The van der Waals surface area contributed by atoms with E-state index in [1.165, 1.54) is 6.92 Å². The van der Waals surface area contributed by atoms with Crippen molar-refractivity contribution in [2.45, 2.75) is 33.6 Å². The summed E-state index contributed by atoms with van der Waals surface area (Å²) in [5.41, 5.74) is 0. The summed E-state index contributed by atoms with van der Waals surface area (Å²) in [6, 6.07) is 0. The van der Waals surface area contributed by atoms with E-state index in [9.17, 15) is 9.59 Å². The summed E-state index contributed by atoms with van der Waals surface area (Å²) in [4.78, 5) is 23.9. The van der Waals surface area contributed by atoms with Crippen molar-refractivity contribution in [1.29, 1.82) is 0 Å². The molecule has 0 aliphatic rings. The fourth-order valence-corrected chi connectivity index (χ4v) is 1.21. The highest BCUT2D eigenvalue weighted by molar-refractivity contribution is 5.83. The first kappa shape index (κ1) is 12.9. The quantitative estimate of drug-likeness (QED) is 0.688. The number of hydrogen-bond donors (Lipinski definition) is 1. The molecule has 0 heterocycles. The lowest BCUT2D eigenvalue weighted by Gasteiger charge is -2.21. The topological polar surface area (TPSA) is 49.4 Å². The summed E-state index contributed by atoms with van der Waals surface area (Å²) in [6.07, 6.45) is 1.90. The molecule has 0 spiro atoms. The SMILES string of the molecule is CCCN(CCC)C(=O)CNC(C)=O. The minimum Gasteiger partial charge on any atom is -0.347 e. The second-order valence-electron chi connectivity index (χ2n) is 3.29. The van der Waals surface area contributed by atoms with Gasteiger partial charge in [-0.05, 0) is 12.8 Å². The third-order valence-electron chi connectivity index (χ3n) is 1.83. The molecule has 0 aromatic carbocycles. The summed E-state index contributed by atoms with van der Waals surface area (Å²) < 4.78 is 0. The Kier molecular flexibility index (Phi) is 6.80. The first-order valence-corrected chi connectivity index (χ1v) is 5.14. The molecule has 0 fully saturated rings. The van der Waals surface area contributed by atoms with E-state index in [0.717, 1.165) is 25.9 Å². The molecule has 0 unspecified atom stereocenters. The number of carbonyl (C=O) groups excluding carboxylic acids is 2. The maximum absolute atomic E-state index is 11.5. The van der Waals surface area contributed by atoms with Gasteiger partial charge in [-0.2, -0.15) is 0 Å². The molecule has 14 heavy (non-hydrogen) atoms. The third-order valence-corrected chi connectivity index (χ3v) is 1.83. The molecular formula is C10H20N2O2. The maximum Gasteiger partial charge on any atom is 0.241 e. The molecule has 0 aliphatic heterocycles. The molecule has 0 aromatic heterocycles. The van der Waals surface area contributed by atoms with Crippen LogP contribution in [-0.4, -0.2) is 36.3 Å². The van der Waals surface area contributed by atoms with Crippen molar-refractivity contribution in [2.24, 2.45) is 0 Å². The molecule has 0 saturated carbocycles. The number of nitrogens with one attached hydrogen (secondary N) is 1. The van der Waals surface area contributed by atoms with Gasteiger partial charge >= 0.3 is 0 Å². The van der Waals surface area contributed by atoms with Gasteiger partial charge in [0, 0.05) is 20.0 Å². The Morgan fingerprint density at radius 3 is 2.00 bits per heavy atom. The minimum atomic E-state index is -0.161. The molecular weight excluding hydrogens is 180 g/mol. The molecule has 4 heteroatoms. The Morgan fingerprint density at radius 1 is 1.14 bits per heavy atom. The van der Waals surface area contributed by atoms with Crippen LogP contribution in [0.25, 0.3) is 0 Å². The normalized spacial score (nSPS) is 9.64. The van der Waals surface area contributed by atoms with Crippen molar-refractivity contribution < 1.29 is 9.59 Å². The standard InChI is InChI=1S/C10H20N2O2/c1-4-6-12(7-5-2)10(14)8-11-9(3)13/h4-8H2,1-3H3,(H,11,13). The van der Waals surface area contributed by atoms with Gasteiger partial charge in [0.05, 0.1) is 6.54 Å². The largest absolute Gasteiger partial charge is 0.347 e. The minimum absolute atomic E-state index is 0.00361. The third kappa shape index (κ3) is 5.56. The van der Waals surface area contributed by atoms with E-state index in [0.29, 0.717) is 0 Å². The highest BCUT2D eigenvalue weighted by atomic mass is 16.2. The number of hydrogen-bond acceptors (Lipinski definition) is 2. The van der Waals surface area contributed by atoms with Crippen LogP contribution >= 0.6 is 0 Å². The lowest BCUT2D eigenvalue weighted by molar-refractivity contribution is -0.132. The van der Waals surface area contributed by atoms with Crippen LogP contribution in [0.4, 0.5) is 0 Å². The Morgan fingerprint density at radius 2 is 1.64 bits per heavy atom. The van der Waals surface area contributed by atoms with E-state index < -0.39 is 0 Å². The van der Waals surface area contributed by atoms with Crippen LogP contribution in [0.5, 0.6) is 0 Å². The average molecular weight is 200 g/mol. The van der Waals surface area contributed by atoms with Crippen molar-refractivity contribution in [3.05, 3.63) is 0 Å². The number of carbonyl (C=O) groups is 2. The van der Waals surface area contributed by atoms with E-state index in [2.05, 4.69) is 5.32 Å². The van der Waals surface area contributed by atoms with Crippen LogP contribution in [0.2, 0.25) is 0 Å². The van der Waals surface area contributed by atoms with E-state index in [4.69, 9.17) is 0 Å². The Balaban J connectivity index is 3.94.